The molecular weight excluding hydrogens is 314 g/mol. The molecule has 1 amide bonds. The van der Waals surface area contributed by atoms with Gasteiger partial charge in [-0.25, -0.2) is 8.78 Å². The van der Waals surface area contributed by atoms with Crippen LogP contribution in [0.2, 0.25) is 0 Å². The molecule has 3 rings (SSSR count). The fraction of sp³-hybridized carbons (Fsp3) is 0.278. The van der Waals surface area contributed by atoms with E-state index < -0.39 is 17.5 Å². The Hall–Kier alpha value is -2.47. The normalized spacial score (nSPS) is 15.4. The molecule has 1 aliphatic rings. The molecule has 0 bridgehead atoms. The van der Waals surface area contributed by atoms with Gasteiger partial charge < -0.3 is 15.3 Å². The summed E-state index contributed by atoms with van der Waals surface area (Å²) in [7, 11) is 0. The number of piperidine rings is 1. The maximum absolute atomic E-state index is 13.3. The third-order valence-corrected chi connectivity index (χ3v) is 4.08. The van der Waals surface area contributed by atoms with Crippen LogP contribution in [-0.4, -0.2) is 30.2 Å². The molecule has 126 valence electrons. The number of anilines is 2. The average molecular weight is 332 g/mol. The molecule has 2 N–H and O–H groups in total. The Bertz CT molecular complexity index is 723. The van der Waals surface area contributed by atoms with Crippen molar-refractivity contribution < 1.29 is 18.7 Å². The second-order valence-corrected chi connectivity index (χ2v) is 5.85. The van der Waals surface area contributed by atoms with Crippen molar-refractivity contribution in [2.45, 2.75) is 18.9 Å². The van der Waals surface area contributed by atoms with Crippen LogP contribution in [-0.2, 0) is 0 Å². The molecule has 0 saturated carbocycles. The van der Waals surface area contributed by atoms with Gasteiger partial charge in [-0.3, -0.25) is 4.79 Å². The largest absolute Gasteiger partial charge is 0.393 e. The minimum absolute atomic E-state index is 0.0728. The topological polar surface area (TPSA) is 52.6 Å². The summed E-state index contributed by atoms with van der Waals surface area (Å²) in [6.07, 6.45) is 1.03. The molecule has 0 unspecified atom stereocenters. The van der Waals surface area contributed by atoms with E-state index >= 15 is 0 Å². The fourth-order valence-electron chi connectivity index (χ4n) is 2.84. The van der Waals surface area contributed by atoms with Gasteiger partial charge in [-0.05, 0) is 37.1 Å². The van der Waals surface area contributed by atoms with Crippen molar-refractivity contribution in [1.29, 1.82) is 0 Å². The fourth-order valence-corrected chi connectivity index (χ4v) is 2.84. The van der Waals surface area contributed by atoms with Gasteiger partial charge in [0.1, 0.15) is 11.6 Å². The maximum atomic E-state index is 13.3. The number of nitrogens with one attached hydrogen (secondary N) is 1. The Morgan fingerprint density at radius 2 is 1.71 bits per heavy atom. The molecule has 1 heterocycles. The minimum Gasteiger partial charge on any atom is -0.393 e. The molecule has 2 aromatic carbocycles. The summed E-state index contributed by atoms with van der Waals surface area (Å²) in [5.41, 5.74) is 1.33. The number of hydrogen-bond donors (Lipinski definition) is 2. The van der Waals surface area contributed by atoms with Crippen molar-refractivity contribution in [3.05, 3.63) is 59.7 Å². The quantitative estimate of drug-likeness (QED) is 0.908. The number of aliphatic hydroxyl groups is 1. The zero-order valence-electron chi connectivity index (χ0n) is 13.0. The molecular formula is C18H18F2N2O2. The lowest BCUT2D eigenvalue weighted by Crippen LogP contribution is -2.36. The molecule has 0 aromatic heterocycles. The van der Waals surface area contributed by atoms with E-state index in [4.69, 9.17) is 0 Å². The first-order valence-corrected chi connectivity index (χ1v) is 7.82. The number of carbonyl (C=O) groups is 1. The number of rotatable bonds is 3. The molecule has 24 heavy (non-hydrogen) atoms. The number of amides is 1. The van der Waals surface area contributed by atoms with Gasteiger partial charge in [0.2, 0.25) is 0 Å². The lowest BCUT2D eigenvalue weighted by Gasteiger charge is -2.32. The zero-order chi connectivity index (χ0) is 17.1. The lowest BCUT2D eigenvalue weighted by atomic mass is 10.1. The van der Waals surface area contributed by atoms with Gasteiger partial charge in [0, 0.05) is 24.7 Å². The molecule has 1 saturated heterocycles. The van der Waals surface area contributed by atoms with Crippen LogP contribution in [0.3, 0.4) is 0 Å². The highest BCUT2D eigenvalue weighted by molar-refractivity contribution is 6.06. The van der Waals surface area contributed by atoms with Crippen molar-refractivity contribution >= 4 is 17.3 Å². The Morgan fingerprint density at radius 3 is 2.38 bits per heavy atom. The van der Waals surface area contributed by atoms with Crippen LogP contribution >= 0.6 is 0 Å². The summed E-state index contributed by atoms with van der Waals surface area (Å²) in [6, 6.07) is 9.98. The predicted molar refractivity (Wildman–Crippen MR) is 88.2 cm³/mol. The van der Waals surface area contributed by atoms with Gasteiger partial charge in [-0.15, -0.1) is 0 Å². The van der Waals surface area contributed by atoms with E-state index in [1.54, 1.807) is 12.1 Å². The van der Waals surface area contributed by atoms with Gasteiger partial charge in [-0.2, -0.15) is 0 Å². The number of aliphatic hydroxyl groups excluding tert-OH is 1. The molecule has 1 aliphatic heterocycles. The number of benzene rings is 2. The summed E-state index contributed by atoms with van der Waals surface area (Å²) in [4.78, 5) is 14.4. The molecule has 6 heteroatoms. The minimum atomic E-state index is -0.793. The Balaban J connectivity index is 1.81. The molecule has 0 atom stereocenters. The van der Waals surface area contributed by atoms with E-state index in [1.807, 2.05) is 12.1 Å². The lowest BCUT2D eigenvalue weighted by molar-refractivity contribution is 0.102. The van der Waals surface area contributed by atoms with E-state index in [9.17, 15) is 18.7 Å². The monoisotopic (exact) mass is 332 g/mol. The highest BCUT2D eigenvalue weighted by Gasteiger charge is 2.20. The average Bonchev–Trinajstić information content (AvgIpc) is 2.55. The van der Waals surface area contributed by atoms with Gasteiger partial charge >= 0.3 is 0 Å². The van der Waals surface area contributed by atoms with E-state index in [2.05, 4.69) is 10.2 Å². The van der Waals surface area contributed by atoms with E-state index in [-0.39, 0.29) is 11.7 Å². The first-order chi connectivity index (χ1) is 11.5. The van der Waals surface area contributed by atoms with Gasteiger partial charge in [0.15, 0.2) is 0 Å². The van der Waals surface area contributed by atoms with Crippen molar-refractivity contribution in [2.24, 2.45) is 0 Å². The number of hydrogen-bond acceptors (Lipinski definition) is 3. The molecule has 0 aliphatic carbocycles. The van der Waals surface area contributed by atoms with Crippen molar-refractivity contribution in [3.8, 4) is 0 Å². The van der Waals surface area contributed by atoms with E-state index in [0.717, 1.165) is 23.9 Å². The van der Waals surface area contributed by atoms with Crippen molar-refractivity contribution in [1.82, 2.24) is 0 Å². The van der Waals surface area contributed by atoms with E-state index in [0.29, 0.717) is 31.6 Å². The molecule has 1 fully saturated rings. The van der Waals surface area contributed by atoms with Crippen LogP contribution in [0.4, 0.5) is 20.2 Å². The second kappa shape index (κ2) is 6.97. The summed E-state index contributed by atoms with van der Waals surface area (Å²) >= 11 is 0. The molecule has 0 spiro atoms. The zero-order valence-corrected chi connectivity index (χ0v) is 13.0. The molecule has 2 aromatic rings. The number of carbonyl (C=O) groups excluding carboxylic acids is 1. The van der Waals surface area contributed by atoms with Gasteiger partial charge in [0.05, 0.1) is 17.5 Å². The van der Waals surface area contributed by atoms with Gasteiger partial charge in [0.25, 0.3) is 5.91 Å². The Morgan fingerprint density at radius 1 is 1.08 bits per heavy atom. The highest BCUT2D eigenvalue weighted by atomic mass is 19.1. The highest BCUT2D eigenvalue weighted by Crippen LogP contribution is 2.28. The van der Waals surface area contributed by atoms with Crippen LogP contribution < -0.4 is 10.2 Å². The van der Waals surface area contributed by atoms with Crippen LogP contribution in [0, 0.1) is 11.6 Å². The Kier molecular flexibility index (Phi) is 4.76. The van der Waals surface area contributed by atoms with Crippen molar-refractivity contribution in [2.75, 3.05) is 23.3 Å². The Labute approximate surface area is 138 Å². The summed E-state index contributed by atoms with van der Waals surface area (Å²) in [5, 5.41) is 12.3. The first-order valence-electron chi connectivity index (χ1n) is 7.82. The summed E-state index contributed by atoms with van der Waals surface area (Å²) in [6.45, 7) is 1.37. The third-order valence-electron chi connectivity index (χ3n) is 4.08. The van der Waals surface area contributed by atoms with Crippen molar-refractivity contribution in [3.63, 3.8) is 0 Å². The standard InChI is InChI=1S/C18H18F2N2O2/c19-13-9-12(10-14(20)11-13)18(24)21-16-3-1-2-4-17(16)22-7-5-15(23)6-8-22/h1-4,9-11,15,23H,5-8H2,(H,21,24). The van der Waals surface area contributed by atoms with Crippen LogP contribution in [0.1, 0.15) is 23.2 Å². The number of halogens is 2. The first kappa shape index (κ1) is 16.4. The molecule has 4 nitrogen and oxygen atoms in total. The third kappa shape index (κ3) is 3.71. The predicted octanol–water partition coefficient (Wildman–Crippen LogP) is 3.18. The summed E-state index contributed by atoms with van der Waals surface area (Å²) in [5.74, 6) is -2.16. The van der Waals surface area contributed by atoms with Crippen LogP contribution in [0.25, 0.3) is 0 Å². The second-order valence-electron chi connectivity index (χ2n) is 5.85. The summed E-state index contributed by atoms with van der Waals surface area (Å²) < 4.78 is 26.6. The smallest absolute Gasteiger partial charge is 0.255 e. The SMILES string of the molecule is O=C(Nc1ccccc1N1CCC(O)CC1)c1cc(F)cc(F)c1. The van der Waals surface area contributed by atoms with Gasteiger partial charge in [-0.1, -0.05) is 12.1 Å². The maximum Gasteiger partial charge on any atom is 0.255 e. The van der Waals surface area contributed by atoms with Crippen LogP contribution in [0.15, 0.2) is 42.5 Å². The van der Waals surface area contributed by atoms with Crippen LogP contribution in [0.5, 0.6) is 0 Å². The number of nitrogens with zero attached hydrogens (tertiary/aromatic N) is 1. The molecule has 0 radical (unpaired) electrons. The number of para-hydroxylation sites is 2. The van der Waals surface area contributed by atoms with E-state index in [1.165, 1.54) is 0 Å².